The number of methoxy groups -OCH3 is 1. The van der Waals surface area contributed by atoms with E-state index in [1.807, 2.05) is 36.1 Å². The highest BCUT2D eigenvalue weighted by atomic mass is 16.5. The second kappa shape index (κ2) is 8.77. The van der Waals surface area contributed by atoms with E-state index in [9.17, 15) is 9.59 Å². The summed E-state index contributed by atoms with van der Waals surface area (Å²) in [7, 11) is 1.58. The van der Waals surface area contributed by atoms with Crippen molar-refractivity contribution in [3.8, 4) is 0 Å². The molecule has 2 heterocycles. The second-order valence-corrected chi connectivity index (χ2v) is 6.69. The van der Waals surface area contributed by atoms with Gasteiger partial charge in [-0.1, -0.05) is 23.4 Å². The minimum Gasteiger partial charge on any atom is -0.383 e. The number of likely N-dealkylation sites (tertiary alicyclic amines) is 1. The van der Waals surface area contributed by atoms with Crippen molar-refractivity contribution in [2.75, 3.05) is 33.4 Å². The molecule has 3 rings (SSSR count). The molecule has 1 fully saturated rings. The molecule has 1 aromatic carbocycles. The van der Waals surface area contributed by atoms with Gasteiger partial charge in [0.1, 0.15) is 0 Å². The lowest BCUT2D eigenvalue weighted by Gasteiger charge is -2.33. The molecule has 8 heteroatoms. The number of ether oxygens (including phenoxy) is 1. The van der Waals surface area contributed by atoms with Crippen molar-refractivity contribution >= 4 is 11.8 Å². The number of rotatable bonds is 6. The third-order valence-electron chi connectivity index (χ3n) is 4.77. The molecule has 1 aliphatic heterocycles. The van der Waals surface area contributed by atoms with Crippen LogP contribution in [0.1, 0.15) is 45.3 Å². The van der Waals surface area contributed by atoms with Gasteiger partial charge in [0.2, 0.25) is 0 Å². The Balaban J connectivity index is 1.65. The molecule has 0 spiro atoms. The Morgan fingerprint density at radius 2 is 2.15 bits per heavy atom. The maximum Gasteiger partial charge on any atom is 0.273 e. The smallest absolute Gasteiger partial charge is 0.273 e. The van der Waals surface area contributed by atoms with Gasteiger partial charge in [-0.05, 0) is 31.4 Å². The van der Waals surface area contributed by atoms with Crippen LogP contribution in [0, 0.1) is 6.92 Å². The van der Waals surface area contributed by atoms with E-state index in [1.54, 1.807) is 18.0 Å². The molecule has 27 heavy (non-hydrogen) atoms. The van der Waals surface area contributed by atoms with Crippen molar-refractivity contribution in [3.63, 3.8) is 0 Å². The van der Waals surface area contributed by atoms with Gasteiger partial charge >= 0.3 is 0 Å². The molecule has 144 valence electrons. The fraction of sp³-hybridized carbons (Fsp3) is 0.474. The normalized spacial score (nSPS) is 17.0. The van der Waals surface area contributed by atoms with Crippen LogP contribution in [0.15, 0.2) is 30.5 Å². The minimum absolute atomic E-state index is 0.0137. The third-order valence-corrected chi connectivity index (χ3v) is 4.77. The van der Waals surface area contributed by atoms with Gasteiger partial charge in [0.15, 0.2) is 5.69 Å². The van der Waals surface area contributed by atoms with Gasteiger partial charge in [0, 0.05) is 32.3 Å². The van der Waals surface area contributed by atoms with E-state index in [0.29, 0.717) is 19.7 Å². The molecule has 0 bridgehead atoms. The molecule has 0 radical (unpaired) electrons. The van der Waals surface area contributed by atoms with E-state index in [-0.39, 0.29) is 23.6 Å². The lowest BCUT2D eigenvalue weighted by molar-refractivity contribution is 0.0670. The first-order valence-electron chi connectivity index (χ1n) is 9.14. The van der Waals surface area contributed by atoms with Gasteiger partial charge in [-0.15, -0.1) is 5.10 Å². The summed E-state index contributed by atoms with van der Waals surface area (Å²) in [5.41, 5.74) is 1.98. The Kier molecular flexibility index (Phi) is 6.18. The molecule has 1 N–H and O–H groups in total. The van der Waals surface area contributed by atoms with Crippen molar-refractivity contribution < 1.29 is 14.3 Å². The third kappa shape index (κ3) is 4.51. The summed E-state index contributed by atoms with van der Waals surface area (Å²) < 4.78 is 6.61. The molecule has 1 atom stereocenters. The molecular formula is C19H25N5O3. The molecule has 8 nitrogen and oxygen atoms in total. The summed E-state index contributed by atoms with van der Waals surface area (Å²) in [6.45, 7) is 4.09. The van der Waals surface area contributed by atoms with Crippen LogP contribution in [0.5, 0.6) is 0 Å². The molecular weight excluding hydrogens is 346 g/mol. The number of amides is 2. The van der Waals surface area contributed by atoms with Crippen LogP contribution in [-0.4, -0.2) is 65.1 Å². The predicted octanol–water partition coefficient (Wildman–Crippen LogP) is 1.44. The summed E-state index contributed by atoms with van der Waals surface area (Å²) >= 11 is 0. The number of aryl methyl sites for hydroxylation is 1. The zero-order valence-electron chi connectivity index (χ0n) is 15.7. The van der Waals surface area contributed by atoms with Crippen LogP contribution in [0.3, 0.4) is 0 Å². The Labute approximate surface area is 158 Å². The van der Waals surface area contributed by atoms with Crippen molar-refractivity contribution in [3.05, 3.63) is 47.3 Å². The highest BCUT2D eigenvalue weighted by Crippen LogP contribution is 2.23. The number of benzene rings is 1. The van der Waals surface area contributed by atoms with E-state index in [1.165, 1.54) is 0 Å². The standard InChI is InChI=1S/C19H25N5O3/c1-14-6-3-4-8-16(14)19(26)23-10-5-7-15(12-23)24-13-17(21-22-24)18(25)20-9-11-27-2/h3-4,6,8,13,15H,5,7,9-12H2,1-2H3,(H,20,25)/t15-/m1/s1. The molecule has 0 unspecified atom stereocenters. The van der Waals surface area contributed by atoms with Crippen LogP contribution in [-0.2, 0) is 4.74 Å². The summed E-state index contributed by atoms with van der Waals surface area (Å²) in [6.07, 6.45) is 3.43. The average molecular weight is 371 g/mol. The van der Waals surface area contributed by atoms with E-state index in [2.05, 4.69) is 15.6 Å². The maximum absolute atomic E-state index is 12.9. The number of nitrogens with zero attached hydrogens (tertiary/aromatic N) is 4. The quantitative estimate of drug-likeness (QED) is 0.776. The zero-order valence-corrected chi connectivity index (χ0v) is 15.7. The van der Waals surface area contributed by atoms with Crippen molar-refractivity contribution in [2.45, 2.75) is 25.8 Å². The maximum atomic E-state index is 12.9. The highest BCUT2D eigenvalue weighted by molar-refractivity contribution is 5.95. The Morgan fingerprint density at radius 3 is 2.93 bits per heavy atom. The number of carbonyl (C=O) groups excluding carboxylic acids is 2. The number of piperidine rings is 1. The number of nitrogens with one attached hydrogen (secondary N) is 1. The van der Waals surface area contributed by atoms with Gasteiger partial charge in [-0.3, -0.25) is 9.59 Å². The topological polar surface area (TPSA) is 89.4 Å². The molecule has 1 saturated heterocycles. The lowest BCUT2D eigenvalue weighted by Crippen LogP contribution is -2.41. The molecule has 1 aliphatic rings. The fourth-order valence-electron chi connectivity index (χ4n) is 3.25. The van der Waals surface area contributed by atoms with E-state index in [0.717, 1.165) is 30.5 Å². The van der Waals surface area contributed by atoms with Crippen molar-refractivity contribution in [1.82, 2.24) is 25.2 Å². The number of aromatic nitrogens is 3. The Bertz CT molecular complexity index is 804. The van der Waals surface area contributed by atoms with E-state index < -0.39 is 0 Å². The molecule has 2 aromatic rings. The van der Waals surface area contributed by atoms with Crippen molar-refractivity contribution in [2.24, 2.45) is 0 Å². The molecule has 0 aliphatic carbocycles. The first kappa shape index (κ1) is 19.0. The van der Waals surface area contributed by atoms with Gasteiger partial charge < -0.3 is 15.0 Å². The number of hydrogen-bond donors (Lipinski definition) is 1. The minimum atomic E-state index is -0.276. The first-order valence-corrected chi connectivity index (χ1v) is 9.14. The van der Waals surface area contributed by atoms with E-state index in [4.69, 9.17) is 4.74 Å². The van der Waals surface area contributed by atoms with Gasteiger partial charge in [-0.2, -0.15) is 0 Å². The second-order valence-electron chi connectivity index (χ2n) is 6.69. The Morgan fingerprint density at radius 1 is 1.33 bits per heavy atom. The highest BCUT2D eigenvalue weighted by Gasteiger charge is 2.27. The molecule has 2 amide bonds. The van der Waals surface area contributed by atoms with Crippen LogP contribution in [0.4, 0.5) is 0 Å². The lowest BCUT2D eigenvalue weighted by atomic mass is 10.0. The summed E-state index contributed by atoms with van der Waals surface area (Å²) in [5, 5.41) is 10.8. The summed E-state index contributed by atoms with van der Waals surface area (Å²) in [4.78, 5) is 26.8. The summed E-state index contributed by atoms with van der Waals surface area (Å²) in [5.74, 6) is -0.239. The largest absolute Gasteiger partial charge is 0.383 e. The van der Waals surface area contributed by atoms with E-state index >= 15 is 0 Å². The van der Waals surface area contributed by atoms with Crippen LogP contribution < -0.4 is 5.32 Å². The van der Waals surface area contributed by atoms with Gasteiger partial charge in [-0.25, -0.2) is 4.68 Å². The Hall–Kier alpha value is -2.74. The van der Waals surface area contributed by atoms with Gasteiger partial charge in [0.25, 0.3) is 11.8 Å². The summed E-state index contributed by atoms with van der Waals surface area (Å²) in [6, 6.07) is 7.63. The average Bonchev–Trinajstić information content (AvgIpc) is 3.18. The number of hydrogen-bond acceptors (Lipinski definition) is 5. The van der Waals surface area contributed by atoms with Crippen LogP contribution in [0.2, 0.25) is 0 Å². The predicted molar refractivity (Wildman–Crippen MR) is 99.6 cm³/mol. The monoisotopic (exact) mass is 371 g/mol. The van der Waals surface area contributed by atoms with Gasteiger partial charge in [0.05, 0.1) is 18.8 Å². The van der Waals surface area contributed by atoms with Crippen molar-refractivity contribution in [1.29, 1.82) is 0 Å². The molecule has 1 aromatic heterocycles. The molecule has 0 saturated carbocycles. The fourth-order valence-corrected chi connectivity index (χ4v) is 3.25. The number of carbonyl (C=O) groups is 2. The zero-order chi connectivity index (χ0) is 19.2. The SMILES string of the molecule is COCCNC(=O)c1cn([C@@H]2CCCN(C(=O)c3ccccc3C)C2)nn1. The van der Waals surface area contributed by atoms with Crippen LogP contribution >= 0.6 is 0 Å². The first-order chi connectivity index (χ1) is 13.1. The van der Waals surface area contributed by atoms with Crippen LogP contribution in [0.25, 0.3) is 0 Å².